The molecule has 0 aliphatic heterocycles. The Morgan fingerprint density at radius 3 is 2.43 bits per heavy atom. The van der Waals surface area contributed by atoms with Crippen LogP contribution < -0.4 is 34.7 Å². The molecule has 0 amide bonds. The molecule has 0 aliphatic rings. The Bertz CT molecular complexity index is 306. The van der Waals surface area contributed by atoms with Crippen molar-refractivity contribution < 1.29 is 56.6 Å². The quantitative estimate of drug-likeness (QED) is 0.223. The maximum Gasteiger partial charge on any atom is 1.00 e. The summed E-state index contributed by atoms with van der Waals surface area (Å²) < 4.78 is 32.0. The fraction of sp³-hybridized carbons (Fsp3) is 0.500. The number of hydrogen-bond acceptors (Lipinski definition) is 5. The van der Waals surface area contributed by atoms with Gasteiger partial charge in [0.2, 0.25) is 0 Å². The Morgan fingerprint density at radius 2 is 2.07 bits per heavy atom. The average molecular weight is 232 g/mol. The second-order valence-electron chi connectivity index (χ2n) is 2.21. The molecule has 0 aromatic heterocycles. The first kappa shape index (κ1) is 16.5. The van der Waals surface area contributed by atoms with Crippen molar-refractivity contribution in [1.82, 2.24) is 0 Å². The van der Waals surface area contributed by atoms with Gasteiger partial charge in [-0.2, -0.15) is 8.42 Å². The molecule has 6 nitrogen and oxygen atoms in total. The second-order valence-corrected chi connectivity index (χ2v) is 3.30. The zero-order valence-corrected chi connectivity index (χ0v) is 10.7. The summed E-state index contributed by atoms with van der Waals surface area (Å²) in [7, 11) is -4.43. The summed E-state index contributed by atoms with van der Waals surface area (Å²) >= 11 is 0. The van der Waals surface area contributed by atoms with E-state index in [1.54, 1.807) is 0 Å². The molecule has 0 aromatic carbocycles. The fourth-order valence-electron chi connectivity index (χ4n) is 0.512. The standard InChI is InChI=1S/C6H10O6S.Na/c1-5(6(7)8)3-2-4-12-13(9,10)11;/h3H,2,4H2,1H3,(H,7,8)(H,9,10,11);/q;+1/p-1. The van der Waals surface area contributed by atoms with E-state index in [1.165, 1.54) is 13.0 Å². The second kappa shape index (κ2) is 7.38. The van der Waals surface area contributed by atoms with E-state index in [-0.39, 0.29) is 48.2 Å². The number of aliphatic carboxylic acids is 1. The summed E-state index contributed by atoms with van der Waals surface area (Å²) in [6, 6.07) is 0. The molecule has 1 N–H and O–H groups in total. The van der Waals surface area contributed by atoms with Gasteiger partial charge in [-0.25, -0.2) is 4.18 Å². The molecule has 14 heavy (non-hydrogen) atoms. The van der Waals surface area contributed by atoms with Gasteiger partial charge in [0.1, 0.15) is 0 Å². The van der Waals surface area contributed by atoms with Crippen LogP contribution >= 0.6 is 0 Å². The van der Waals surface area contributed by atoms with E-state index in [9.17, 15) is 18.3 Å². The molecule has 76 valence electrons. The van der Waals surface area contributed by atoms with Gasteiger partial charge < -0.3 is 9.90 Å². The normalized spacial score (nSPS) is 12.0. The summed E-state index contributed by atoms with van der Waals surface area (Å²) in [5, 5.41) is 10.1. The van der Waals surface area contributed by atoms with Crippen molar-refractivity contribution in [3.63, 3.8) is 0 Å². The molecule has 0 aliphatic carbocycles. The van der Waals surface area contributed by atoms with Crippen LogP contribution in [0.4, 0.5) is 0 Å². The first-order valence-electron chi connectivity index (χ1n) is 3.33. The number of carbonyl (C=O) groups excluding carboxylic acids is 1. The molecule has 0 unspecified atom stereocenters. The van der Waals surface area contributed by atoms with Crippen molar-refractivity contribution in [3.8, 4) is 0 Å². The maximum atomic E-state index is 10.1. The Labute approximate surface area is 104 Å². The van der Waals surface area contributed by atoms with Crippen molar-refractivity contribution >= 4 is 16.4 Å². The molecule has 0 heterocycles. The van der Waals surface area contributed by atoms with Gasteiger partial charge in [0.15, 0.2) is 0 Å². The van der Waals surface area contributed by atoms with Crippen LogP contribution in [0.5, 0.6) is 0 Å². The Hall–Kier alpha value is 0.0800. The van der Waals surface area contributed by atoms with Crippen LogP contribution in [0.15, 0.2) is 11.6 Å². The minimum atomic E-state index is -4.43. The predicted octanol–water partition coefficient (Wildman–Crippen LogP) is -4.10. The zero-order valence-electron chi connectivity index (χ0n) is 7.89. The van der Waals surface area contributed by atoms with Crippen LogP contribution in [0.25, 0.3) is 0 Å². The largest absolute Gasteiger partial charge is 1.00 e. The molecular weight excluding hydrogens is 223 g/mol. The molecular formula is C6H9NaO6S. The van der Waals surface area contributed by atoms with E-state index in [0.717, 1.165) is 0 Å². The smallest absolute Gasteiger partial charge is 0.545 e. The first-order valence-corrected chi connectivity index (χ1v) is 4.69. The molecule has 0 saturated carbocycles. The fourth-order valence-corrected chi connectivity index (χ4v) is 0.819. The number of carboxylic acids is 1. The number of rotatable bonds is 5. The topological polar surface area (TPSA) is 104 Å². The van der Waals surface area contributed by atoms with E-state index >= 15 is 0 Å². The number of carbonyl (C=O) groups is 1. The van der Waals surface area contributed by atoms with E-state index < -0.39 is 16.4 Å². The first-order chi connectivity index (χ1) is 5.83. The molecule has 0 fully saturated rings. The summed E-state index contributed by atoms with van der Waals surface area (Å²) in [5.41, 5.74) is -0.0149. The SMILES string of the molecule is CC(=CCCOS(=O)(=O)O)C(=O)[O-].[Na+]. The molecule has 0 saturated heterocycles. The van der Waals surface area contributed by atoms with Crippen molar-refractivity contribution in [2.75, 3.05) is 6.61 Å². The van der Waals surface area contributed by atoms with Crippen LogP contribution in [0.3, 0.4) is 0 Å². The summed E-state index contributed by atoms with van der Waals surface area (Å²) in [5.74, 6) is -1.33. The van der Waals surface area contributed by atoms with Crippen LogP contribution in [0.2, 0.25) is 0 Å². The molecule has 8 heteroatoms. The Balaban J connectivity index is 0. The molecule has 0 aromatic rings. The van der Waals surface area contributed by atoms with Crippen LogP contribution in [-0.4, -0.2) is 25.5 Å². The van der Waals surface area contributed by atoms with Gasteiger partial charge in [0.25, 0.3) is 0 Å². The van der Waals surface area contributed by atoms with Gasteiger partial charge in [-0.05, 0) is 18.9 Å². The monoisotopic (exact) mass is 232 g/mol. The minimum Gasteiger partial charge on any atom is -0.545 e. The molecule has 0 atom stereocenters. The van der Waals surface area contributed by atoms with Crippen LogP contribution in [-0.2, 0) is 19.4 Å². The van der Waals surface area contributed by atoms with Gasteiger partial charge >= 0.3 is 40.0 Å². The Morgan fingerprint density at radius 1 is 1.57 bits per heavy atom. The van der Waals surface area contributed by atoms with Crippen molar-refractivity contribution in [2.45, 2.75) is 13.3 Å². The van der Waals surface area contributed by atoms with Crippen molar-refractivity contribution in [1.29, 1.82) is 0 Å². The van der Waals surface area contributed by atoms with Crippen LogP contribution in [0.1, 0.15) is 13.3 Å². The Kier molecular flexibility index (Phi) is 8.70. The van der Waals surface area contributed by atoms with Gasteiger partial charge in [-0.3, -0.25) is 4.55 Å². The van der Waals surface area contributed by atoms with Crippen molar-refractivity contribution in [2.24, 2.45) is 0 Å². The third-order valence-corrected chi connectivity index (χ3v) is 1.59. The van der Waals surface area contributed by atoms with E-state index in [2.05, 4.69) is 4.18 Å². The average Bonchev–Trinajstić information content (AvgIpc) is 1.95. The van der Waals surface area contributed by atoms with E-state index in [1.807, 2.05) is 0 Å². The summed E-state index contributed by atoms with van der Waals surface area (Å²) in [6.45, 7) is 1.01. The van der Waals surface area contributed by atoms with E-state index in [4.69, 9.17) is 4.55 Å². The molecule has 0 rings (SSSR count). The maximum absolute atomic E-state index is 10.1. The molecule has 0 spiro atoms. The van der Waals surface area contributed by atoms with Gasteiger partial charge in [0, 0.05) is 0 Å². The summed E-state index contributed by atoms with van der Waals surface area (Å²) in [6.07, 6.45) is 1.31. The molecule has 0 bridgehead atoms. The van der Waals surface area contributed by atoms with Gasteiger partial charge in [-0.1, -0.05) is 6.08 Å². The third kappa shape index (κ3) is 10.2. The van der Waals surface area contributed by atoms with Crippen LogP contribution in [0, 0.1) is 0 Å². The summed E-state index contributed by atoms with van der Waals surface area (Å²) in [4.78, 5) is 10.1. The predicted molar refractivity (Wildman–Crippen MR) is 40.9 cm³/mol. The molecule has 0 radical (unpaired) electrons. The van der Waals surface area contributed by atoms with Crippen molar-refractivity contribution in [3.05, 3.63) is 11.6 Å². The van der Waals surface area contributed by atoms with E-state index in [0.29, 0.717) is 0 Å². The third-order valence-electron chi connectivity index (χ3n) is 1.12. The zero-order chi connectivity index (χ0) is 10.5. The van der Waals surface area contributed by atoms with Gasteiger partial charge in [-0.15, -0.1) is 0 Å². The minimum absolute atomic E-state index is 0. The number of hydrogen-bond donors (Lipinski definition) is 1. The number of carboxylic acid groups (broad SMARTS) is 1. The van der Waals surface area contributed by atoms with Gasteiger partial charge in [0.05, 0.1) is 12.6 Å².